The fraction of sp³-hybridized carbons (Fsp3) is 0.300. The van der Waals surface area contributed by atoms with Crippen molar-refractivity contribution in [2.45, 2.75) is 17.2 Å². The van der Waals surface area contributed by atoms with Crippen molar-refractivity contribution in [3.8, 4) is 0 Å². The van der Waals surface area contributed by atoms with Gasteiger partial charge in [-0.2, -0.15) is 4.31 Å². The second-order valence-electron chi connectivity index (χ2n) is 7.08. The number of rotatable bonds is 3. The van der Waals surface area contributed by atoms with Gasteiger partial charge in [0.25, 0.3) is 0 Å². The molecule has 2 heterocycles. The number of anilines is 1. The Balaban J connectivity index is 1.48. The standard InChI is InChI=1S/C20H20FN3O4S/c21-14-6-7-16-17(13-19(25)22-18(16)12-14)20(26)23-8-10-24(11-9-23)29(27,28)15-4-2-1-3-5-15/h1-7,12,17H,8-11,13H2,(H,22,25). The molecule has 1 fully saturated rings. The summed E-state index contributed by atoms with van der Waals surface area (Å²) in [7, 11) is -3.61. The number of hydrogen-bond acceptors (Lipinski definition) is 4. The van der Waals surface area contributed by atoms with Crippen LogP contribution in [0.4, 0.5) is 10.1 Å². The molecule has 29 heavy (non-hydrogen) atoms. The van der Waals surface area contributed by atoms with Gasteiger partial charge in [0, 0.05) is 38.3 Å². The van der Waals surface area contributed by atoms with Gasteiger partial charge in [0.05, 0.1) is 10.8 Å². The Labute approximate surface area is 168 Å². The molecule has 2 amide bonds. The first kappa shape index (κ1) is 19.5. The van der Waals surface area contributed by atoms with E-state index in [0.717, 1.165) is 0 Å². The maximum Gasteiger partial charge on any atom is 0.243 e. The lowest BCUT2D eigenvalue weighted by Gasteiger charge is -2.36. The largest absolute Gasteiger partial charge is 0.340 e. The van der Waals surface area contributed by atoms with E-state index in [-0.39, 0.29) is 49.3 Å². The average molecular weight is 417 g/mol. The van der Waals surface area contributed by atoms with Crippen molar-refractivity contribution >= 4 is 27.5 Å². The van der Waals surface area contributed by atoms with Crippen LogP contribution in [0, 0.1) is 5.82 Å². The number of carbonyl (C=O) groups excluding carboxylic acids is 2. The van der Waals surface area contributed by atoms with E-state index in [4.69, 9.17) is 0 Å². The van der Waals surface area contributed by atoms with Crippen molar-refractivity contribution in [1.82, 2.24) is 9.21 Å². The molecule has 1 saturated heterocycles. The van der Waals surface area contributed by atoms with E-state index in [1.807, 2.05) is 0 Å². The smallest absolute Gasteiger partial charge is 0.243 e. The summed E-state index contributed by atoms with van der Waals surface area (Å²) < 4.78 is 40.3. The van der Waals surface area contributed by atoms with Gasteiger partial charge in [-0.05, 0) is 29.8 Å². The van der Waals surface area contributed by atoms with E-state index < -0.39 is 21.8 Å². The molecule has 2 aliphatic rings. The van der Waals surface area contributed by atoms with Crippen LogP contribution in [-0.2, 0) is 19.6 Å². The zero-order valence-corrected chi connectivity index (χ0v) is 16.4. The number of sulfonamides is 1. The fourth-order valence-corrected chi connectivity index (χ4v) is 5.21. The molecule has 1 unspecified atom stereocenters. The minimum atomic E-state index is -3.61. The molecule has 2 aliphatic heterocycles. The molecule has 1 N–H and O–H groups in total. The summed E-state index contributed by atoms with van der Waals surface area (Å²) in [6.07, 6.45) is -0.0139. The fourth-order valence-electron chi connectivity index (χ4n) is 3.77. The van der Waals surface area contributed by atoms with Crippen LogP contribution in [0.1, 0.15) is 17.9 Å². The van der Waals surface area contributed by atoms with E-state index in [0.29, 0.717) is 11.3 Å². The van der Waals surface area contributed by atoms with E-state index >= 15 is 0 Å². The lowest BCUT2D eigenvalue weighted by molar-refractivity contribution is -0.136. The Morgan fingerprint density at radius 2 is 1.72 bits per heavy atom. The summed E-state index contributed by atoms with van der Waals surface area (Å²) in [6.45, 7) is 0.829. The number of hydrogen-bond donors (Lipinski definition) is 1. The Bertz CT molecular complexity index is 1050. The van der Waals surface area contributed by atoms with Crippen molar-refractivity contribution < 1.29 is 22.4 Å². The SMILES string of the molecule is O=C1CC(C(=O)N2CCN(S(=O)(=O)c3ccccc3)CC2)c2ccc(F)cc2N1. The van der Waals surface area contributed by atoms with Gasteiger partial charge in [-0.3, -0.25) is 9.59 Å². The third-order valence-electron chi connectivity index (χ3n) is 5.28. The maximum absolute atomic E-state index is 13.5. The normalized spacial score (nSPS) is 20.1. The summed E-state index contributed by atoms with van der Waals surface area (Å²) in [4.78, 5) is 26.8. The molecule has 7 nitrogen and oxygen atoms in total. The minimum Gasteiger partial charge on any atom is -0.340 e. The number of benzene rings is 2. The highest BCUT2D eigenvalue weighted by molar-refractivity contribution is 7.89. The lowest BCUT2D eigenvalue weighted by Crippen LogP contribution is -2.52. The highest BCUT2D eigenvalue weighted by Gasteiger charge is 2.36. The second-order valence-corrected chi connectivity index (χ2v) is 9.02. The first-order valence-corrected chi connectivity index (χ1v) is 10.7. The number of carbonyl (C=O) groups is 2. The van der Waals surface area contributed by atoms with Crippen LogP contribution in [0.15, 0.2) is 53.4 Å². The molecule has 9 heteroatoms. The lowest BCUT2D eigenvalue weighted by atomic mass is 9.89. The Hall–Kier alpha value is -2.78. The van der Waals surface area contributed by atoms with E-state index in [9.17, 15) is 22.4 Å². The van der Waals surface area contributed by atoms with Crippen molar-refractivity contribution in [3.63, 3.8) is 0 Å². The van der Waals surface area contributed by atoms with Gasteiger partial charge in [0.1, 0.15) is 5.82 Å². The molecule has 0 saturated carbocycles. The Morgan fingerprint density at radius 3 is 2.41 bits per heavy atom. The predicted molar refractivity (Wildman–Crippen MR) is 104 cm³/mol. The van der Waals surface area contributed by atoms with Gasteiger partial charge in [-0.25, -0.2) is 12.8 Å². The molecule has 0 radical (unpaired) electrons. The number of amides is 2. The van der Waals surface area contributed by atoms with Crippen LogP contribution in [0.2, 0.25) is 0 Å². The summed E-state index contributed by atoms with van der Waals surface area (Å²) >= 11 is 0. The molecule has 0 spiro atoms. The molecule has 1 atom stereocenters. The van der Waals surface area contributed by atoms with Crippen LogP contribution in [-0.4, -0.2) is 55.6 Å². The molecule has 2 aromatic carbocycles. The van der Waals surface area contributed by atoms with Crippen LogP contribution >= 0.6 is 0 Å². The summed E-state index contributed by atoms with van der Waals surface area (Å²) in [5.74, 6) is -1.77. The monoisotopic (exact) mass is 417 g/mol. The second kappa shape index (κ2) is 7.57. The quantitative estimate of drug-likeness (QED) is 0.825. The number of halogens is 1. The number of nitrogens with zero attached hydrogens (tertiary/aromatic N) is 2. The highest BCUT2D eigenvalue weighted by Crippen LogP contribution is 2.34. The number of fused-ring (bicyclic) bond motifs is 1. The van der Waals surface area contributed by atoms with Crippen molar-refractivity contribution in [3.05, 3.63) is 59.9 Å². The zero-order chi connectivity index (χ0) is 20.6. The van der Waals surface area contributed by atoms with E-state index in [2.05, 4.69) is 5.32 Å². The van der Waals surface area contributed by atoms with Crippen LogP contribution in [0.3, 0.4) is 0 Å². The summed E-state index contributed by atoms with van der Waals surface area (Å²) in [6, 6.07) is 12.2. The number of nitrogens with one attached hydrogen (secondary N) is 1. The molecule has 152 valence electrons. The first-order valence-electron chi connectivity index (χ1n) is 9.29. The molecule has 4 rings (SSSR count). The molecular formula is C20H20FN3O4S. The molecule has 0 bridgehead atoms. The van der Waals surface area contributed by atoms with E-state index in [1.54, 1.807) is 35.2 Å². The predicted octanol–water partition coefficient (Wildman–Crippen LogP) is 1.78. The molecule has 0 aliphatic carbocycles. The van der Waals surface area contributed by atoms with Gasteiger partial charge in [0.15, 0.2) is 0 Å². The van der Waals surface area contributed by atoms with Crippen molar-refractivity contribution in [1.29, 1.82) is 0 Å². The third-order valence-corrected chi connectivity index (χ3v) is 7.20. The van der Waals surface area contributed by atoms with Gasteiger partial charge in [-0.15, -0.1) is 0 Å². The van der Waals surface area contributed by atoms with Crippen molar-refractivity contribution in [2.24, 2.45) is 0 Å². The Morgan fingerprint density at radius 1 is 1.03 bits per heavy atom. The zero-order valence-electron chi connectivity index (χ0n) is 15.5. The van der Waals surface area contributed by atoms with Gasteiger partial charge >= 0.3 is 0 Å². The first-order chi connectivity index (χ1) is 13.9. The molecular weight excluding hydrogens is 397 g/mol. The number of piperazine rings is 1. The van der Waals surface area contributed by atoms with Crippen molar-refractivity contribution in [2.75, 3.05) is 31.5 Å². The van der Waals surface area contributed by atoms with Gasteiger partial charge < -0.3 is 10.2 Å². The van der Waals surface area contributed by atoms with Gasteiger partial charge in [-0.1, -0.05) is 24.3 Å². The Kier molecular flexibility index (Phi) is 5.10. The highest BCUT2D eigenvalue weighted by atomic mass is 32.2. The minimum absolute atomic E-state index is 0.0139. The topological polar surface area (TPSA) is 86.8 Å². The van der Waals surface area contributed by atoms with Crippen LogP contribution in [0.5, 0.6) is 0 Å². The average Bonchev–Trinajstić information content (AvgIpc) is 2.73. The summed E-state index contributed by atoms with van der Waals surface area (Å²) in [5.41, 5.74) is 0.889. The van der Waals surface area contributed by atoms with Crippen LogP contribution in [0.25, 0.3) is 0 Å². The van der Waals surface area contributed by atoms with Gasteiger partial charge in [0.2, 0.25) is 21.8 Å². The van der Waals surface area contributed by atoms with Crippen LogP contribution < -0.4 is 5.32 Å². The molecule has 0 aromatic heterocycles. The third kappa shape index (κ3) is 3.75. The molecule has 2 aromatic rings. The summed E-state index contributed by atoms with van der Waals surface area (Å²) in [5, 5.41) is 2.60. The van der Waals surface area contributed by atoms with E-state index in [1.165, 1.54) is 22.5 Å². The maximum atomic E-state index is 13.5.